The molecule has 5 heteroatoms. The van der Waals surface area contributed by atoms with Crippen LogP contribution in [0.25, 0.3) is 0 Å². The quantitative estimate of drug-likeness (QED) is 0.410. The molecule has 14 heavy (non-hydrogen) atoms. The molecule has 0 saturated heterocycles. The summed E-state index contributed by atoms with van der Waals surface area (Å²) in [5.41, 5.74) is 0.649. The van der Waals surface area contributed by atoms with Gasteiger partial charge in [0.25, 0.3) is 0 Å². The van der Waals surface area contributed by atoms with Gasteiger partial charge in [-0.3, -0.25) is 4.79 Å². The predicted octanol–water partition coefficient (Wildman–Crippen LogP) is 2.18. The number of nitrogens with zero attached hydrogens (tertiary/aromatic N) is 2. The van der Waals surface area contributed by atoms with Crippen molar-refractivity contribution in [1.29, 1.82) is 0 Å². The first-order valence-electron chi connectivity index (χ1n) is 4.26. The third kappa shape index (κ3) is 1.41. The number of ether oxygens (including phenoxy) is 1. The Balaban J connectivity index is 2.43. The summed E-state index contributed by atoms with van der Waals surface area (Å²) in [5.74, 6) is 0.454. The molecule has 2 unspecified atom stereocenters. The van der Waals surface area contributed by atoms with Crippen molar-refractivity contribution in [3.63, 3.8) is 0 Å². The highest BCUT2D eigenvalue weighted by molar-refractivity contribution is 9.10. The standard InChI is InChI=1S/C9H9BrN2O2/c1-14-6-4-2-3-5-7(6)11-12-9(10)8(5)13/h2-3,5,9H,4H2,1H3. The molecule has 4 nitrogen and oxygen atoms in total. The highest BCUT2D eigenvalue weighted by atomic mass is 79.9. The van der Waals surface area contributed by atoms with Crippen LogP contribution in [-0.4, -0.2) is 17.8 Å². The van der Waals surface area contributed by atoms with Crippen molar-refractivity contribution in [1.82, 2.24) is 0 Å². The normalized spacial score (nSPS) is 30.6. The number of azo groups is 1. The maximum Gasteiger partial charge on any atom is 0.185 e. The Morgan fingerprint density at radius 3 is 3.14 bits per heavy atom. The van der Waals surface area contributed by atoms with Crippen molar-refractivity contribution in [3.8, 4) is 0 Å². The third-order valence-electron chi connectivity index (χ3n) is 2.27. The summed E-state index contributed by atoms with van der Waals surface area (Å²) in [7, 11) is 1.58. The van der Waals surface area contributed by atoms with Crippen LogP contribution in [0, 0.1) is 5.92 Å². The van der Waals surface area contributed by atoms with Crippen molar-refractivity contribution >= 4 is 21.7 Å². The SMILES string of the molecule is COC1=C2N=NC(Br)C(=O)C2C=CC1. The van der Waals surface area contributed by atoms with Gasteiger partial charge in [-0.25, -0.2) is 0 Å². The third-order valence-corrected chi connectivity index (χ3v) is 2.90. The molecule has 1 aliphatic carbocycles. The van der Waals surface area contributed by atoms with E-state index in [1.807, 2.05) is 12.2 Å². The highest BCUT2D eigenvalue weighted by Gasteiger charge is 2.34. The number of fused-ring (bicyclic) bond motifs is 1. The first-order chi connectivity index (χ1) is 6.74. The summed E-state index contributed by atoms with van der Waals surface area (Å²) in [5, 5.41) is 7.81. The topological polar surface area (TPSA) is 51.0 Å². The smallest absolute Gasteiger partial charge is 0.185 e. The van der Waals surface area contributed by atoms with E-state index in [0.717, 1.165) is 5.76 Å². The second-order valence-corrected chi connectivity index (χ2v) is 3.94. The molecule has 0 spiro atoms. The number of carbonyl (C=O) groups is 1. The van der Waals surface area contributed by atoms with E-state index in [0.29, 0.717) is 12.1 Å². The zero-order valence-corrected chi connectivity index (χ0v) is 9.19. The number of allylic oxidation sites excluding steroid dienone is 2. The first kappa shape index (κ1) is 9.58. The maximum absolute atomic E-state index is 11.7. The zero-order valence-electron chi connectivity index (χ0n) is 7.61. The average Bonchev–Trinajstić information content (AvgIpc) is 2.23. The molecule has 0 fully saturated rings. The second-order valence-electron chi connectivity index (χ2n) is 3.08. The number of halogens is 1. The number of ketones is 1. The average molecular weight is 257 g/mol. The lowest BCUT2D eigenvalue weighted by atomic mass is 9.93. The van der Waals surface area contributed by atoms with Crippen LogP contribution in [0.15, 0.2) is 33.8 Å². The van der Waals surface area contributed by atoms with Crippen molar-refractivity contribution in [3.05, 3.63) is 23.6 Å². The minimum absolute atomic E-state index is 0.0144. The summed E-state index contributed by atoms with van der Waals surface area (Å²) in [6.07, 6.45) is 4.46. The van der Waals surface area contributed by atoms with Gasteiger partial charge in [0.05, 0.1) is 13.0 Å². The van der Waals surface area contributed by atoms with E-state index in [4.69, 9.17) is 4.74 Å². The Labute approximate surface area is 89.9 Å². The Kier molecular flexibility index (Phi) is 2.50. The van der Waals surface area contributed by atoms with E-state index in [1.165, 1.54) is 0 Å². The molecule has 0 N–H and O–H groups in total. The molecule has 1 heterocycles. The number of alkyl halides is 1. The number of methoxy groups -OCH3 is 1. The van der Waals surface area contributed by atoms with E-state index in [-0.39, 0.29) is 11.7 Å². The molecule has 0 saturated carbocycles. The molecule has 0 bridgehead atoms. The van der Waals surface area contributed by atoms with Gasteiger partial charge in [-0.15, -0.1) is 0 Å². The molecule has 1 aliphatic heterocycles. The van der Waals surface area contributed by atoms with E-state index in [1.54, 1.807) is 7.11 Å². The van der Waals surface area contributed by atoms with Gasteiger partial charge in [0.1, 0.15) is 11.5 Å². The van der Waals surface area contributed by atoms with Gasteiger partial charge < -0.3 is 4.74 Å². The number of hydrogen-bond acceptors (Lipinski definition) is 4. The molecule has 2 aliphatic rings. The summed E-state index contributed by atoms with van der Waals surface area (Å²) in [6.45, 7) is 0. The fraction of sp³-hybridized carbons (Fsp3) is 0.444. The van der Waals surface area contributed by atoms with Crippen molar-refractivity contribution in [2.75, 3.05) is 7.11 Å². The van der Waals surface area contributed by atoms with Crippen LogP contribution in [0.3, 0.4) is 0 Å². The molecule has 0 amide bonds. The summed E-state index contributed by atoms with van der Waals surface area (Å²) in [4.78, 5) is 11.2. The molecule has 2 rings (SSSR count). The largest absolute Gasteiger partial charge is 0.499 e. The highest BCUT2D eigenvalue weighted by Crippen LogP contribution is 2.33. The van der Waals surface area contributed by atoms with Gasteiger partial charge >= 0.3 is 0 Å². The lowest BCUT2D eigenvalue weighted by Gasteiger charge is -2.23. The van der Waals surface area contributed by atoms with Gasteiger partial charge in [0, 0.05) is 6.42 Å². The zero-order chi connectivity index (χ0) is 10.1. The van der Waals surface area contributed by atoms with Crippen LogP contribution in [0.5, 0.6) is 0 Å². The summed E-state index contributed by atoms with van der Waals surface area (Å²) in [6, 6.07) is 0. The molecule has 0 aromatic rings. The number of Topliss-reactive ketones (excluding diaryl/α,β-unsaturated/α-hetero) is 1. The summed E-state index contributed by atoms with van der Waals surface area (Å²) < 4.78 is 5.15. The van der Waals surface area contributed by atoms with E-state index in [2.05, 4.69) is 26.2 Å². The molecule has 74 valence electrons. The van der Waals surface area contributed by atoms with Crippen LogP contribution in [0.2, 0.25) is 0 Å². The van der Waals surface area contributed by atoms with Crippen LogP contribution >= 0.6 is 15.9 Å². The van der Waals surface area contributed by atoms with Crippen LogP contribution in [0.4, 0.5) is 0 Å². The van der Waals surface area contributed by atoms with Crippen LogP contribution < -0.4 is 0 Å². The van der Waals surface area contributed by atoms with Crippen molar-refractivity contribution < 1.29 is 9.53 Å². The summed E-state index contributed by atoms with van der Waals surface area (Å²) >= 11 is 3.15. The minimum Gasteiger partial charge on any atom is -0.499 e. The predicted molar refractivity (Wildman–Crippen MR) is 53.9 cm³/mol. The maximum atomic E-state index is 11.7. The second kappa shape index (κ2) is 3.65. The minimum atomic E-state index is -0.517. The lowest BCUT2D eigenvalue weighted by Crippen LogP contribution is -2.27. The Hall–Kier alpha value is -0.970. The Bertz CT molecular complexity index is 360. The number of carbonyl (C=O) groups excluding carboxylic acids is 1. The van der Waals surface area contributed by atoms with E-state index >= 15 is 0 Å². The van der Waals surface area contributed by atoms with Gasteiger partial charge in [-0.1, -0.05) is 28.1 Å². The Morgan fingerprint density at radius 1 is 1.64 bits per heavy atom. The molecule has 0 aromatic heterocycles. The van der Waals surface area contributed by atoms with E-state index < -0.39 is 4.95 Å². The fourth-order valence-electron chi connectivity index (χ4n) is 1.53. The fourth-order valence-corrected chi connectivity index (χ4v) is 1.91. The van der Waals surface area contributed by atoms with Crippen molar-refractivity contribution in [2.24, 2.45) is 16.1 Å². The van der Waals surface area contributed by atoms with Gasteiger partial charge in [0.2, 0.25) is 0 Å². The van der Waals surface area contributed by atoms with Gasteiger partial charge in [-0.2, -0.15) is 10.2 Å². The number of rotatable bonds is 1. The molecule has 2 atom stereocenters. The monoisotopic (exact) mass is 256 g/mol. The van der Waals surface area contributed by atoms with Gasteiger partial charge in [-0.05, 0) is 0 Å². The van der Waals surface area contributed by atoms with E-state index in [9.17, 15) is 4.79 Å². The lowest BCUT2D eigenvalue weighted by molar-refractivity contribution is -0.120. The first-order valence-corrected chi connectivity index (χ1v) is 5.18. The molecule has 0 aromatic carbocycles. The molecular formula is C9H9BrN2O2. The van der Waals surface area contributed by atoms with Crippen LogP contribution in [-0.2, 0) is 9.53 Å². The molecular weight excluding hydrogens is 248 g/mol. The molecule has 0 radical (unpaired) electrons. The van der Waals surface area contributed by atoms with Crippen molar-refractivity contribution in [2.45, 2.75) is 11.4 Å². The number of hydrogen-bond donors (Lipinski definition) is 0. The Morgan fingerprint density at radius 2 is 2.43 bits per heavy atom. The van der Waals surface area contributed by atoms with Crippen LogP contribution in [0.1, 0.15) is 6.42 Å². The van der Waals surface area contributed by atoms with Gasteiger partial charge in [0.15, 0.2) is 10.7 Å².